The molecule has 140 valence electrons. The number of hydrogen-bond donors (Lipinski definition) is 1. The molecule has 0 aliphatic carbocycles. The molecule has 2 aliphatic heterocycles. The predicted octanol–water partition coefficient (Wildman–Crippen LogP) is 3.61. The van der Waals surface area contributed by atoms with E-state index in [1.54, 1.807) is 24.1 Å². The van der Waals surface area contributed by atoms with Crippen molar-refractivity contribution in [2.45, 2.75) is 31.8 Å². The second-order valence-electron chi connectivity index (χ2n) is 7.08. The van der Waals surface area contributed by atoms with Crippen LogP contribution in [0.2, 0.25) is 5.02 Å². The fourth-order valence-corrected chi connectivity index (χ4v) is 4.12. The molecule has 27 heavy (non-hydrogen) atoms. The molecule has 0 aromatic heterocycles. The molecule has 0 radical (unpaired) electrons. The molecule has 4 rings (SSSR count). The van der Waals surface area contributed by atoms with Crippen molar-refractivity contribution in [3.8, 4) is 0 Å². The van der Waals surface area contributed by atoms with Gasteiger partial charge in [-0.3, -0.25) is 9.59 Å². The van der Waals surface area contributed by atoms with Gasteiger partial charge in [0.15, 0.2) is 0 Å². The molecule has 1 fully saturated rings. The Morgan fingerprint density at radius 3 is 2.81 bits per heavy atom. The number of amides is 2. The Morgan fingerprint density at radius 1 is 1.19 bits per heavy atom. The van der Waals surface area contributed by atoms with E-state index in [1.807, 2.05) is 30.3 Å². The number of anilines is 2. The largest absolute Gasteiger partial charge is 0.358 e. The first-order chi connectivity index (χ1) is 13.1. The summed E-state index contributed by atoms with van der Waals surface area (Å²) in [5, 5.41) is 3.53. The van der Waals surface area contributed by atoms with Gasteiger partial charge in [0, 0.05) is 30.7 Å². The van der Waals surface area contributed by atoms with Crippen LogP contribution in [0.15, 0.2) is 42.5 Å². The molecule has 5 nitrogen and oxygen atoms in total. The third kappa shape index (κ3) is 3.28. The summed E-state index contributed by atoms with van der Waals surface area (Å²) in [6, 6.07) is 13.0. The molecule has 0 bridgehead atoms. The van der Waals surface area contributed by atoms with E-state index in [0.717, 1.165) is 42.7 Å². The second kappa shape index (κ2) is 7.24. The van der Waals surface area contributed by atoms with Gasteiger partial charge in [0.2, 0.25) is 5.91 Å². The number of rotatable bonds is 3. The summed E-state index contributed by atoms with van der Waals surface area (Å²) in [6.45, 7) is 1.24. The van der Waals surface area contributed by atoms with E-state index in [-0.39, 0.29) is 17.9 Å². The normalized spacial score (nSPS) is 18.7. The molecule has 2 heterocycles. The molecule has 0 unspecified atom stereocenters. The fraction of sp³-hybridized carbons (Fsp3) is 0.333. The lowest BCUT2D eigenvalue weighted by atomic mass is 9.96. The van der Waals surface area contributed by atoms with Crippen molar-refractivity contribution in [1.82, 2.24) is 5.32 Å². The number of nitrogens with one attached hydrogen (secondary N) is 1. The van der Waals surface area contributed by atoms with Gasteiger partial charge < -0.3 is 15.1 Å². The first kappa shape index (κ1) is 17.9. The first-order valence-electron chi connectivity index (χ1n) is 9.26. The number of hydrogen-bond acceptors (Lipinski definition) is 3. The zero-order chi connectivity index (χ0) is 19.0. The number of likely N-dealkylation sites (N-methyl/N-ethyl adjacent to an activating group) is 1. The molecule has 1 saturated heterocycles. The van der Waals surface area contributed by atoms with Crippen molar-refractivity contribution in [3.05, 3.63) is 58.6 Å². The standard InChI is InChI=1S/C21H22ClN3O2/c1-24-19-12-14(20(26)23-13-15-6-2-3-7-16(15)22)9-10-17(19)25-11-5-4-8-18(25)21(24)27/h2-3,6-7,9-10,12,18H,4-5,8,11,13H2,1H3,(H,23,26)/t18-/m0/s1. The number of piperidine rings is 1. The van der Waals surface area contributed by atoms with E-state index in [2.05, 4.69) is 10.2 Å². The Bertz CT molecular complexity index is 899. The average molecular weight is 384 g/mol. The van der Waals surface area contributed by atoms with Crippen molar-refractivity contribution < 1.29 is 9.59 Å². The van der Waals surface area contributed by atoms with E-state index in [9.17, 15) is 9.59 Å². The van der Waals surface area contributed by atoms with Gasteiger partial charge in [-0.1, -0.05) is 29.8 Å². The highest BCUT2D eigenvalue weighted by molar-refractivity contribution is 6.31. The van der Waals surface area contributed by atoms with Crippen LogP contribution in [0.5, 0.6) is 0 Å². The monoisotopic (exact) mass is 383 g/mol. The van der Waals surface area contributed by atoms with E-state index >= 15 is 0 Å². The van der Waals surface area contributed by atoms with Gasteiger partial charge in [0.25, 0.3) is 5.91 Å². The van der Waals surface area contributed by atoms with Crippen LogP contribution >= 0.6 is 11.6 Å². The molecule has 2 aromatic rings. The van der Waals surface area contributed by atoms with Crippen LogP contribution in [0.25, 0.3) is 0 Å². The van der Waals surface area contributed by atoms with Crippen LogP contribution in [-0.2, 0) is 11.3 Å². The van der Waals surface area contributed by atoms with Gasteiger partial charge in [-0.15, -0.1) is 0 Å². The van der Waals surface area contributed by atoms with Crippen LogP contribution in [0.4, 0.5) is 11.4 Å². The maximum Gasteiger partial charge on any atom is 0.251 e. The molecule has 1 atom stereocenters. The summed E-state index contributed by atoms with van der Waals surface area (Å²) in [5.74, 6) is -0.0739. The highest BCUT2D eigenvalue weighted by Crippen LogP contribution is 2.39. The quantitative estimate of drug-likeness (QED) is 0.880. The fourth-order valence-electron chi connectivity index (χ4n) is 3.91. The highest BCUT2D eigenvalue weighted by Gasteiger charge is 2.37. The minimum absolute atomic E-state index is 0.0730. The number of benzene rings is 2. The van der Waals surface area contributed by atoms with Crippen molar-refractivity contribution in [1.29, 1.82) is 0 Å². The van der Waals surface area contributed by atoms with E-state index in [1.165, 1.54) is 0 Å². The van der Waals surface area contributed by atoms with E-state index in [4.69, 9.17) is 11.6 Å². The van der Waals surface area contributed by atoms with Crippen molar-refractivity contribution in [2.24, 2.45) is 0 Å². The molecule has 2 aromatic carbocycles. The van der Waals surface area contributed by atoms with Crippen LogP contribution in [0.3, 0.4) is 0 Å². The number of nitrogens with zero attached hydrogens (tertiary/aromatic N) is 2. The Labute approximate surface area is 163 Å². The van der Waals surface area contributed by atoms with Gasteiger partial charge in [-0.05, 0) is 49.1 Å². The second-order valence-corrected chi connectivity index (χ2v) is 7.49. The summed E-state index contributed by atoms with van der Waals surface area (Å²) in [4.78, 5) is 29.2. The zero-order valence-electron chi connectivity index (χ0n) is 15.2. The number of carbonyl (C=O) groups excluding carboxylic acids is 2. The van der Waals surface area contributed by atoms with Gasteiger partial charge in [0.05, 0.1) is 11.4 Å². The van der Waals surface area contributed by atoms with Gasteiger partial charge >= 0.3 is 0 Å². The predicted molar refractivity (Wildman–Crippen MR) is 107 cm³/mol. The summed E-state index contributed by atoms with van der Waals surface area (Å²) in [6.07, 6.45) is 3.06. The molecule has 6 heteroatoms. The Balaban J connectivity index is 1.56. The molecule has 2 amide bonds. The smallest absolute Gasteiger partial charge is 0.251 e. The summed E-state index contributed by atoms with van der Waals surface area (Å²) >= 11 is 6.15. The SMILES string of the molecule is CN1C(=O)[C@@H]2CCCCN2c2ccc(C(=O)NCc3ccccc3Cl)cc21. The summed E-state index contributed by atoms with van der Waals surface area (Å²) < 4.78 is 0. The first-order valence-corrected chi connectivity index (χ1v) is 9.64. The number of carbonyl (C=O) groups is 2. The van der Waals surface area contributed by atoms with Crippen LogP contribution < -0.4 is 15.1 Å². The van der Waals surface area contributed by atoms with Crippen molar-refractivity contribution >= 4 is 34.8 Å². The molecular formula is C21H22ClN3O2. The zero-order valence-corrected chi connectivity index (χ0v) is 16.0. The molecule has 2 aliphatic rings. The number of fused-ring (bicyclic) bond motifs is 3. The third-order valence-electron chi connectivity index (χ3n) is 5.42. The van der Waals surface area contributed by atoms with Gasteiger partial charge in [-0.25, -0.2) is 0 Å². The lowest BCUT2D eigenvalue weighted by Gasteiger charge is -2.44. The molecular weight excluding hydrogens is 362 g/mol. The van der Waals surface area contributed by atoms with Crippen LogP contribution in [0, 0.1) is 0 Å². The lowest BCUT2D eigenvalue weighted by Crippen LogP contribution is -2.54. The molecule has 0 saturated carbocycles. The molecule has 1 N–H and O–H groups in total. The summed E-state index contributed by atoms with van der Waals surface area (Å²) in [5.41, 5.74) is 3.23. The highest BCUT2D eigenvalue weighted by atomic mass is 35.5. The Hall–Kier alpha value is -2.53. The van der Waals surface area contributed by atoms with Crippen LogP contribution in [-0.4, -0.2) is 31.4 Å². The minimum Gasteiger partial charge on any atom is -0.358 e. The van der Waals surface area contributed by atoms with Gasteiger partial charge in [-0.2, -0.15) is 0 Å². The number of halogens is 1. The van der Waals surface area contributed by atoms with E-state index < -0.39 is 0 Å². The lowest BCUT2D eigenvalue weighted by molar-refractivity contribution is -0.120. The third-order valence-corrected chi connectivity index (χ3v) is 5.79. The Kier molecular flexibility index (Phi) is 4.79. The molecule has 0 spiro atoms. The summed E-state index contributed by atoms with van der Waals surface area (Å²) in [7, 11) is 1.79. The van der Waals surface area contributed by atoms with E-state index in [0.29, 0.717) is 17.1 Å². The van der Waals surface area contributed by atoms with Crippen molar-refractivity contribution in [2.75, 3.05) is 23.4 Å². The van der Waals surface area contributed by atoms with Gasteiger partial charge in [0.1, 0.15) is 6.04 Å². The average Bonchev–Trinajstić information content (AvgIpc) is 2.71. The minimum atomic E-state index is -0.181. The topological polar surface area (TPSA) is 52.7 Å². The van der Waals surface area contributed by atoms with Crippen molar-refractivity contribution in [3.63, 3.8) is 0 Å². The maximum absolute atomic E-state index is 12.7. The van der Waals surface area contributed by atoms with Crippen LogP contribution in [0.1, 0.15) is 35.2 Å². The Morgan fingerprint density at radius 2 is 2.00 bits per heavy atom. The maximum atomic E-state index is 12.7.